The minimum absolute atomic E-state index is 0.470. The van der Waals surface area contributed by atoms with E-state index in [9.17, 15) is 0 Å². The Balaban J connectivity index is 3.54. The Hall–Kier alpha value is 1.75. The molecule has 0 aliphatic rings. The molecule has 0 amide bonds. The molecule has 0 aromatic rings. The summed E-state index contributed by atoms with van der Waals surface area (Å²) in [6.45, 7) is 2.17. The van der Waals surface area contributed by atoms with E-state index in [4.69, 9.17) is 0 Å². The van der Waals surface area contributed by atoms with Gasteiger partial charge in [0.25, 0.3) is 0 Å². The average molecular weight is 275 g/mol. The average Bonchev–Trinajstić information content (AvgIpc) is 2.10. The largest absolute Gasteiger partial charge is 0.179 e. The van der Waals surface area contributed by atoms with Crippen molar-refractivity contribution in [1.82, 2.24) is 0 Å². The lowest BCUT2D eigenvalue weighted by atomic mass is 10.4. The van der Waals surface area contributed by atoms with Crippen molar-refractivity contribution in [3.05, 3.63) is 0 Å². The van der Waals surface area contributed by atoms with Crippen LogP contribution >= 0.6 is 61.4 Å². The molecule has 5 heteroatoms. The van der Waals surface area contributed by atoms with Gasteiger partial charge in [0.05, 0.1) is 0 Å². The molecule has 0 aromatic carbocycles. The first-order chi connectivity index (χ1) is 6.22. The van der Waals surface area contributed by atoms with Crippen LogP contribution in [0.2, 0.25) is 0 Å². The molecule has 0 rings (SSSR count). The predicted octanol–water partition coefficient (Wildman–Crippen LogP) is 3.00. The van der Waals surface area contributed by atoms with E-state index in [1.165, 1.54) is 5.75 Å². The van der Waals surface area contributed by atoms with Crippen LogP contribution in [0.1, 0.15) is 6.92 Å². The molecule has 0 aliphatic carbocycles. The van der Waals surface area contributed by atoms with Gasteiger partial charge in [-0.1, -0.05) is 6.92 Å². The quantitative estimate of drug-likeness (QED) is 0.460. The molecule has 0 fully saturated rings. The lowest BCUT2D eigenvalue weighted by molar-refractivity contribution is 0.945. The van der Waals surface area contributed by atoms with Crippen molar-refractivity contribution in [2.24, 2.45) is 0 Å². The second-order valence-electron chi connectivity index (χ2n) is 2.67. The summed E-state index contributed by atoms with van der Waals surface area (Å²) in [5.41, 5.74) is 0. The fraction of sp³-hybridized carbons (Fsp3) is 1.00. The molecule has 0 N–H and O–H groups in total. The van der Waals surface area contributed by atoms with Gasteiger partial charge >= 0.3 is 0 Å². The van der Waals surface area contributed by atoms with Gasteiger partial charge in [0.2, 0.25) is 0 Å². The summed E-state index contributed by atoms with van der Waals surface area (Å²) in [4.78, 5) is 0. The summed E-state index contributed by atoms with van der Waals surface area (Å²) >= 11 is 16.8. The highest BCUT2D eigenvalue weighted by Gasteiger charge is 2.13. The van der Waals surface area contributed by atoms with Gasteiger partial charge in [-0.15, -0.1) is 0 Å². The van der Waals surface area contributed by atoms with Gasteiger partial charge in [0, 0.05) is 27.8 Å². The summed E-state index contributed by atoms with van der Waals surface area (Å²) in [7, 11) is 0. The molecule has 0 saturated carbocycles. The molecule has 0 bridgehead atoms. The Morgan fingerprint density at radius 3 is 2.23 bits per heavy atom. The number of thioether (sulfide) groups is 2. The standard InChI is InChI=1S/C8H18S5/c1-7(11)8(13-5-3-10)6-12-4-2-9/h7-11H,2-6H2,1H3. The molecule has 0 nitrogen and oxygen atoms in total. The maximum absolute atomic E-state index is 4.49. The number of hydrogen-bond donors (Lipinski definition) is 3. The summed E-state index contributed by atoms with van der Waals surface area (Å²) in [5, 5.41) is 1.12. The van der Waals surface area contributed by atoms with Gasteiger partial charge in [0.15, 0.2) is 0 Å². The summed E-state index contributed by atoms with van der Waals surface area (Å²) < 4.78 is 0. The molecule has 0 saturated heterocycles. The van der Waals surface area contributed by atoms with Gasteiger partial charge < -0.3 is 0 Å². The number of rotatable bonds is 8. The lowest BCUT2D eigenvalue weighted by Crippen LogP contribution is -2.18. The van der Waals surface area contributed by atoms with E-state index < -0.39 is 0 Å². The lowest BCUT2D eigenvalue weighted by Gasteiger charge is -2.18. The number of thiol groups is 3. The molecular weight excluding hydrogens is 256 g/mol. The van der Waals surface area contributed by atoms with E-state index in [2.05, 4.69) is 44.8 Å². The maximum atomic E-state index is 4.49. The first kappa shape index (κ1) is 14.8. The second-order valence-corrected chi connectivity index (χ2v) is 6.88. The van der Waals surface area contributed by atoms with Crippen molar-refractivity contribution >= 4 is 61.4 Å². The monoisotopic (exact) mass is 274 g/mol. The smallest absolute Gasteiger partial charge is 0.0252 e. The van der Waals surface area contributed by atoms with Crippen molar-refractivity contribution in [3.8, 4) is 0 Å². The van der Waals surface area contributed by atoms with E-state index in [1.54, 1.807) is 0 Å². The topological polar surface area (TPSA) is 0 Å². The van der Waals surface area contributed by atoms with Crippen molar-refractivity contribution in [2.45, 2.75) is 17.4 Å². The summed E-state index contributed by atoms with van der Waals surface area (Å²) in [5.74, 6) is 5.37. The SMILES string of the molecule is CC(S)C(CSCCS)SCCS. The van der Waals surface area contributed by atoms with Crippen molar-refractivity contribution < 1.29 is 0 Å². The Morgan fingerprint density at radius 1 is 1.15 bits per heavy atom. The van der Waals surface area contributed by atoms with E-state index in [1.807, 2.05) is 23.5 Å². The summed E-state index contributed by atoms with van der Waals surface area (Å²) in [6, 6.07) is 0. The zero-order chi connectivity index (χ0) is 10.1. The van der Waals surface area contributed by atoms with Crippen molar-refractivity contribution in [1.29, 1.82) is 0 Å². The van der Waals surface area contributed by atoms with E-state index in [-0.39, 0.29) is 0 Å². The highest BCUT2D eigenvalue weighted by molar-refractivity contribution is 8.04. The van der Waals surface area contributed by atoms with E-state index in [0.29, 0.717) is 10.5 Å². The first-order valence-corrected chi connectivity index (χ1v) is 8.30. The van der Waals surface area contributed by atoms with Crippen molar-refractivity contribution in [3.63, 3.8) is 0 Å². The minimum atomic E-state index is 0.470. The van der Waals surface area contributed by atoms with Crippen LogP contribution in [0.4, 0.5) is 0 Å². The van der Waals surface area contributed by atoms with E-state index >= 15 is 0 Å². The Kier molecular flexibility index (Phi) is 11.7. The zero-order valence-electron chi connectivity index (χ0n) is 7.85. The van der Waals surface area contributed by atoms with Gasteiger partial charge in [-0.3, -0.25) is 0 Å². The fourth-order valence-electron chi connectivity index (χ4n) is 0.795. The highest BCUT2D eigenvalue weighted by Crippen LogP contribution is 2.23. The van der Waals surface area contributed by atoms with Gasteiger partial charge in [-0.25, -0.2) is 0 Å². The van der Waals surface area contributed by atoms with Crippen LogP contribution in [0, 0.1) is 0 Å². The molecule has 0 heterocycles. The molecular formula is C8H18S5. The third-order valence-corrected chi connectivity index (χ3v) is 5.83. The van der Waals surface area contributed by atoms with Crippen LogP contribution in [0.3, 0.4) is 0 Å². The molecule has 13 heavy (non-hydrogen) atoms. The van der Waals surface area contributed by atoms with Crippen molar-refractivity contribution in [2.75, 3.05) is 28.8 Å². The molecule has 0 spiro atoms. The highest BCUT2D eigenvalue weighted by atomic mass is 32.2. The molecule has 0 aromatic heterocycles. The molecule has 2 atom stereocenters. The van der Waals surface area contributed by atoms with Crippen LogP contribution in [-0.2, 0) is 0 Å². The molecule has 0 radical (unpaired) electrons. The van der Waals surface area contributed by atoms with Crippen LogP contribution in [0.25, 0.3) is 0 Å². The van der Waals surface area contributed by atoms with E-state index in [0.717, 1.165) is 23.0 Å². The van der Waals surface area contributed by atoms with Crippen LogP contribution in [0.15, 0.2) is 0 Å². The predicted molar refractivity (Wildman–Crippen MR) is 79.7 cm³/mol. The Bertz CT molecular complexity index is 107. The first-order valence-electron chi connectivity index (χ1n) is 4.31. The van der Waals surface area contributed by atoms with Gasteiger partial charge in [-0.05, 0) is 11.5 Å². The minimum Gasteiger partial charge on any atom is -0.179 e. The second kappa shape index (κ2) is 10.3. The maximum Gasteiger partial charge on any atom is 0.0252 e. The van der Waals surface area contributed by atoms with Crippen LogP contribution in [0.5, 0.6) is 0 Å². The van der Waals surface area contributed by atoms with Crippen LogP contribution in [-0.4, -0.2) is 39.3 Å². The zero-order valence-corrected chi connectivity index (χ0v) is 12.2. The summed E-state index contributed by atoms with van der Waals surface area (Å²) in [6.07, 6.45) is 0. The number of hydrogen-bond acceptors (Lipinski definition) is 5. The fourth-order valence-corrected chi connectivity index (χ4v) is 4.18. The molecule has 0 aliphatic heterocycles. The van der Waals surface area contributed by atoms with Crippen LogP contribution < -0.4 is 0 Å². The van der Waals surface area contributed by atoms with Gasteiger partial charge in [0.1, 0.15) is 0 Å². The normalized spacial score (nSPS) is 15.7. The Labute approximate surface area is 107 Å². The third-order valence-electron chi connectivity index (χ3n) is 1.48. The third kappa shape index (κ3) is 8.73. The molecule has 2 unspecified atom stereocenters. The Morgan fingerprint density at radius 2 is 1.77 bits per heavy atom. The van der Waals surface area contributed by atoms with Gasteiger partial charge in [-0.2, -0.15) is 61.4 Å². The molecule has 80 valence electrons.